The summed E-state index contributed by atoms with van der Waals surface area (Å²) >= 11 is 0. The maximum absolute atomic E-state index is 10.7. The van der Waals surface area contributed by atoms with Gasteiger partial charge < -0.3 is 19.1 Å². The molecule has 8 nitrogen and oxygen atoms in total. The third-order valence-corrected chi connectivity index (χ3v) is 4.43. The van der Waals surface area contributed by atoms with Gasteiger partial charge in [-0.25, -0.2) is 15.0 Å². The summed E-state index contributed by atoms with van der Waals surface area (Å²) in [6.45, 7) is 0.636. The standard InChI is InChI=1S/C13H19N4O4P/c18-22(19,20)9-21-6-5-17-8-16-12-11(10-3-1-2-4-10)14-7-15-13(12)17/h7-8,10H,1-6,9H2,(H2,18,19,20). The Kier molecular flexibility index (Phi) is 4.54. The predicted octanol–water partition coefficient (Wildman–Crippen LogP) is 1.64. The Morgan fingerprint density at radius 1 is 1.27 bits per heavy atom. The topological polar surface area (TPSA) is 110 Å². The molecule has 2 aromatic rings. The summed E-state index contributed by atoms with van der Waals surface area (Å²) in [4.78, 5) is 30.6. The van der Waals surface area contributed by atoms with E-state index in [-0.39, 0.29) is 6.61 Å². The lowest BCUT2D eigenvalue weighted by atomic mass is 10.0. The van der Waals surface area contributed by atoms with E-state index in [1.807, 2.05) is 4.57 Å². The fourth-order valence-corrected chi connectivity index (χ4v) is 3.27. The molecule has 22 heavy (non-hydrogen) atoms. The molecular weight excluding hydrogens is 307 g/mol. The number of rotatable bonds is 6. The monoisotopic (exact) mass is 326 g/mol. The number of nitrogens with zero attached hydrogens (tertiary/aromatic N) is 4. The van der Waals surface area contributed by atoms with Crippen LogP contribution in [0.2, 0.25) is 0 Å². The predicted molar refractivity (Wildman–Crippen MR) is 79.4 cm³/mol. The van der Waals surface area contributed by atoms with Gasteiger partial charge in [-0.3, -0.25) is 4.57 Å². The number of hydrogen-bond acceptors (Lipinski definition) is 5. The fourth-order valence-electron chi connectivity index (χ4n) is 2.91. The number of fused-ring (bicyclic) bond motifs is 1. The number of imidazole rings is 1. The van der Waals surface area contributed by atoms with Crippen LogP contribution in [0.25, 0.3) is 11.2 Å². The van der Waals surface area contributed by atoms with Gasteiger partial charge in [0.2, 0.25) is 0 Å². The van der Waals surface area contributed by atoms with Crippen LogP contribution < -0.4 is 0 Å². The molecule has 0 aliphatic heterocycles. The summed E-state index contributed by atoms with van der Waals surface area (Å²) in [5.41, 5.74) is 2.58. The molecule has 120 valence electrons. The van der Waals surface area contributed by atoms with Crippen molar-refractivity contribution >= 4 is 18.8 Å². The smallest absolute Gasteiger partial charge is 0.350 e. The van der Waals surface area contributed by atoms with Crippen molar-refractivity contribution in [1.82, 2.24) is 19.5 Å². The molecule has 0 atom stereocenters. The second-order valence-corrected chi connectivity index (χ2v) is 7.14. The molecule has 2 N–H and O–H groups in total. The number of aromatic nitrogens is 4. The Balaban J connectivity index is 1.72. The SMILES string of the molecule is O=P(O)(O)COCCn1cnc2c(C3CCCC3)ncnc21. The zero-order valence-corrected chi connectivity index (χ0v) is 13.0. The molecule has 2 aromatic heterocycles. The van der Waals surface area contributed by atoms with Gasteiger partial charge >= 0.3 is 7.60 Å². The van der Waals surface area contributed by atoms with Crippen LogP contribution in [0.3, 0.4) is 0 Å². The van der Waals surface area contributed by atoms with Gasteiger partial charge in [0.25, 0.3) is 0 Å². The first-order chi connectivity index (χ1) is 10.5. The molecule has 1 fully saturated rings. The van der Waals surface area contributed by atoms with Crippen molar-refractivity contribution in [3.63, 3.8) is 0 Å². The Morgan fingerprint density at radius 3 is 2.77 bits per heavy atom. The first-order valence-electron chi connectivity index (χ1n) is 7.32. The van der Waals surface area contributed by atoms with Crippen molar-refractivity contribution in [2.45, 2.75) is 38.1 Å². The van der Waals surface area contributed by atoms with E-state index in [4.69, 9.17) is 14.5 Å². The lowest BCUT2D eigenvalue weighted by Crippen LogP contribution is -2.07. The molecule has 9 heteroatoms. The Hall–Kier alpha value is -1.34. The van der Waals surface area contributed by atoms with Crippen LogP contribution in [0, 0.1) is 0 Å². The van der Waals surface area contributed by atoms with Gasteiger partial charge in [0.1, 0.15) is 18.2 Å². The van der Waals surface area contributed by atoms with Crippen LogP contribution in [-0.2, 0) is 15.8 Å². The summed E-state index contributed by atoms with van der Waals surface area (Å²) in [6, 6.07) is 0. The first-order valence-corrected chi connectivity index (χ1v) is 9.12. The van der Waals surface area contributed by atoms with E-state index < -0.39 is 13.9 Å². The van der Waals surface area contributed by atoms with Crippen molar-refractivity contribution in [2.24, 2.45) is 0 Å². The molecule has 0 bridgehead atoms. The highest BCUT2D eigenvalue weighted by atomic mass is 31.2. The highest BCUT2D eigenvalue weighted by molar-refractivity contribution is 7.51. The second kappa shape index (κ2) is 6.42. The molecule has 1 saturated carbocycles. The van der Waals surface area contributed by atoms with E-state index >= 15 is 0 Å². The summed E-state index contributed by atoms with van der Waals surface area (Å²) in [5.74, 6) is 0.458. The van der Waals surface area contributed by atoms with Gasteiger partial charge in [0, 0.05) is 12.5 Å². The largest absolute Gasteiger partial charge is 0.367 e. The van der Waals surface area contributed by atoms with Crippen LogP contribution in [0.1, 0.15) is 37.3 Å². The average molecular weight is 326 g/mol. The molecule has 1 aliphatic rings. The van der Waals surface area contributed by atoms with E-state index in [2.05, 4.69) is 15.0 Å². The number of ether oxygens (including phenoxy) is 1. The maximum atomic E-state index is 10.7. The van der Waals surface area contributed by atoms with Gasteiger partial charge in [-0.2, -0.15) is 0 Å². The normalized spacial score (nSPS) is 16.6. The minimum absolute atomic E-state index is 0.194. The summed E-state index contributed by atoms with van der Waals surface area (Å²) in [6.07, 6.45) is 7.42. The molecule has 3 rings (SSSR count). The summed E-state index contributed by atoms with van der Waals surface area (Å²) < 4.78 is 17.6. The van der Waals surface area contributed by atoms with E-state index in [1.165, 1.54) is 12.8 Å². The summed E-state index contributed by atoms with van der Waals surface area (Å²) in [7, 11) is -4.12. The van der Waals surface area contributed by atoms with Gasteiger partial charge in [-0.1, -0.05) is 12.8 Å². The van der Waals surface area contributed by atoms with Crippen LogP contribution in [0.4, 0.5) is 0 Å². The second-order valence-electron chi connectivity index (χ2n) is 5.55. The van der Waals surface area contributed by atoms with Crippen molar-refractivity contribution in [2.75, 3.05) is 13.0 Å². The van der Waals surface area contributed by atoms with Gasteiger partial charge in [-0.05, 0) is 12.8 Å². The van der Waals surface area contributed by atoms with E-state index in [0.29, 0.717) is 12.5 Å². The zero-order chi connectivity index (χ0) is 15.6. The molecule has 2 heterocycles. The highest BCUT2D eigenvalue weighted by Crippen LogP contribution is 2.35. The minimum Gasteiger partial charge on any atom is -0.367 e. The molecule has 0 unspecified atom stereocenters. The van der Waals surface area contributed by atoms with Crippen LogP contribution in [-0.4, -0.2) is 42.3 Å². The van der Waals surface area contributed by atoms with E-state index in [9.17, 15) is 4.57 Å². The van der Waals surface area contributed by atoms with Crippen molar-refractivity contribution in [3.8, 4) is 0 Å². The fraction of sp³-hybridized carbons (Fsp3) is 0.615. The lowest BCUT2D eigenvalue weighted by molar-refractivity contribution is 0.149. The van der Waals surface area contributed by atoms with Gasteiger partial charge in [0.05, 0.1) is 18.6 Å². The average Bonchev–Trinajstić information content (AvgIpc) is 3.12. The third-order valence-electron chi connectivity index (χ3n) is 3.91. The quantitative estimate of drug-likeness (QED) is 0.613. The van der Waals surface area contributed by atoms with Crippen molar-refractivity contribution in [3.05, 3.63) is 18.3 Å². The van der Waals surface area contributed by atoms with Crippen LogP contribution in [0.5, 0.6) is 0 Å². The zero-order valence-electron chi connectivity index (χ0n) is 12.1. The van der Waals surface area contributed by atoms with Crippen LogP contribution in [0.15, 0.2) is 12.7 Å². The first kappa shape index (κ1) is 15.6. The molecule has 1 aliphatic carbocycles. The Morgan fingerprint density at radius 2 is 2.05 bits per heavy atom. The number of hydrogen-bond donors (Lipinski definition) is 2. The van der Waals surface area contributed by atoms with E-state index in [1.54, 1.807) is 12.7 Å². The maximum Gasteiger partial charge on any atom is 0.350 e. The highest BCUT2D eigenvalue weighted by Gasteiger charge is 2.22. The third kappa shape index (κ3) is 3.52. The van der Waals surface area contributed by atoms with E-state index in [0.717, 1.165) is 29.7 Å². The van der Waals surface area contributed by atoms with Gasteiger partial charge in [0.15, 0.2) is 5.65 Å². The Labute approximate surface area is 127 Å². The van der Waals surface area contributed by atoms with Crippen molar-refractivity contribution in [1.29, 1.82) is 0 Å². The molecule has 0 saturated heterocycles. The Bertz CT molecular complexity index is 692. The lowest BCUT2D eigenvalue weighted by Gasteiger charge is -2.09. The molecule has 0 spiro atoms. The minimum atomic E-state index is -4.12. The van der Waals surface area contributed by atoms with Crippen LogP contribution >= 0.6 is 7.60 Å². The molecule has 0 amide bonds. The van der Waals surface area contributed by atoms with Crippen molar-refractivity contribution < 1.29 is 19.1 Å². The molecular formula is C13H19N4O4P. The molecule has 0 radical (unpaired) electrons. The molecule has 0 aromatic carbocycles. The van der Waals surface area contributed by atoms with Gasteiger partial charge in [-0.15, -0.1) is 0 Å². The summed E-state index contributed by atoms with van der Waals surface area (Å²) in [5, 5.41) is 0.